The van der Waals surface area contributed by atoms with Crippen molar-refractivity contribution < 1.29 is 28.5 Å². The fourth-order valence-electron chi connectivity index (χ4n) is 1.59. The van der Waals surface area contributed by atoms with Crippen LogP contribution in [-0.2, 0) is 4.74 Å². The van der Waals surface area contributed by atoms with Gasteiger partial charge in [0.05, 0.1) is 28.4 Å². The SMILES string of the molecule is COC(=O)c1cc(OC)c(OC)c(C=O)c1OC. The zero-order valence-corrected chi connectivity index (χ0v) is 10.6. The lowest BCUT2D eigenvalue weighted by atomic mass is 10.1. The van der Waals surface area contributed by atoms with E-state index in [0.29, 0.717) is 6.29 Å². The molecular weight excluding hydrogens is 240 g/mol. The van der Waals surface area contributed by atoms with Crippen LogP contribution in [-0.4, -0.2) is 40.7 Å². The number of ether oxygens (including phenoxy) is 4. The third-order valence-electron chi connectivity index (χ3n) is 2.38. The molecule has 1 aromatic carbocycles. The molecule has 0 aliphatic carbocycles. The third kappa shape index (κ3) is 2.22. The van der Waals surface area contributed by atoms with Gasteiger partial charge in [0.15, 0.2) is 17.8 Å². The summed E-state index contributed by atoms with van der Waals surface area (Å²) >= 11 is 0. The molecule has 0 N–H and O–H groups in total. The van der Waals surface area contributed by atoms with E-state index in [1.54, 1.807) is 0 Å². The quantitative estimate of drug-likeness (QED) is 0.582. The van der Waals surface area contributed by atoms with Crippen LogP contribution in [0.1, 0.15) is 20.7 Å². The van der Waals surface area contributed by atoms with E-state index < -0.39 is 5.97 Å². The summed E-state index contributed by atoms with van der Waals surface area (Å²) in [6.45, 7) is 0. The predicted molar refractivity (Wildman–Crippen MR) is 62.8 cm³/mol. The molecule has 1 rings (SSSR count). The molecular formula is C12H14O6. The Labute approximate surface area is 104 Å². The smallest absolute Gasteiger partial charge is 0.341 e. The summed E-state index contributed by atoms with van der Waals surface area (Å²) in [5.74, 6) is -0.0804. The average molecular weight is 254 g/mol. The third-order valence-corrected chi connectivity index (χ3v) is 2.38. The van der Waals surface area contributed by atoms with Crippen molar-refractivity contribution in [2.75, 3.05) is 28.4 Å². The molecule has 18 heavy (non-hydrogen) atoms. The largest absolute Gasteiger partial charge is 0.495 e. The Morgan fingerprint density at radius 1 is 1.06 bits per heavy atom. The predicted octanol–water partition coefficient (Wildman–Crippen LogP) is 1.31. The van der Waals surface area contributed by atoms with Gasteiger partial charge in [-0.2, -0.15) is 0 Å². The van der Waals surface area contributed by atoms with Crippen LogP contribution in [0.5, 0.6) is 17.2 Å². The normalized spacial score (nSPS) is 9.56. The first kappa shape index (κ1) is 13.8. The van der Waals surface area contributed by atoms with Crippen LogP contribution < -0.4 is 14.2 Å². The molecule has 0 unspecified atom stereocenters. The summed E-state index contributed by atoms with van der Waals surface area (Å²) < 4.78 is 19.8. The molecule has 6 heteroatoms. The molecule has 0 spiro atoms. The Balaban J connectivity index is 3.63. The zero-order valence-electron chi connectivity index (χ0n) is 10.6. The van der Waals surface area contributed by atoms with Crippen LogP contribution in [0.3, 0.4) is 0 Å². The van der Waals surface area contributed by atoms with Crippen molar-refractivity contribution in [3.8, 4) is 17.2 Å². The number of benzene rings is 1. The van der Waals surface area contributed by atoms with Gasteiger partial charge in [-0.15, -0.1) is 0 Å². The van der Waals surface area contributed by atoms with Gasteiger partial charge in [-0.1, -0.05) is 0 Å². The summed E-state index contributed by atoms with van der Waals surface area (Å²) in [5, 5.41) is 0. The highest BCUT2D eigenvalue weighted by molar-refractivity contribution is 5.99. The van der Waals surface area contributed by atoms with E-state index in [1.807, 2.05) is 0 Å². The Morgan fingerprint density at radius 2 is 1.67 bits per heavy atom. The van der Waals surface area contributed by atoms with E-state index in [-0.39, 0.29) is 28.4 Å². The van der Waals surface area contributed by atoms with Crippen LogP contribution in [0.25, 0.3) is 0 Å². The van der Waals surface area contributed by atoms with Gasteiger partial charge in [-0.3, -0.25) is 4.79 Å². The highest BCUT2D eigenvalue weighted by Gasteiger charge is 2.24. The summed E-state index contributed by atoms with van der Waals surface area (Å²) in [5.41, 5.74) is 0.194. The lowest BCUT2D eigenvalue weighted by Crippen LogP contribution is -2.08. The van der Waals surface area contributed by atoms with Crippen molar-refractivity contribution in [2.24, 2.45) is 0 Å². The number of rotatable bonds is 5. The van der Waals surface area contributed by atoms with Gasteiger partial charge in [0, 0.05) is 6.07 Å². The van der Waals surface area contributed by atoms with Crippen LogP contribution in [0.2, 0.25) is 0 Å². The lowest BCUT2D eigenvalue weighted by Gasteiger charge is -2.15. The monoisotopic (exact) mass is 254 g/mol. The molecule has 0 fully saturated rings. The number of esters is 1. The number of carbonyl (C=O) groups excluding carboxylic acids is 2. The fraction of sp³-hybridized carbons (Fsp3) is 0.333. The summed E-state index contributed by atoms with van der Waals surface area (Å²) in [6.07, 6.45) is 0.534. The highest BCUT2D eigenvalue weighted by atomic mass is 16.5. The summed E-state index contributed by atoms with van der Waals surface area (Å²) in [4.78, 5) is 22.7. The van der Waals surface area contributed by atoms with Crippen molar-refractivity contribution in [2.45, 2.75) is 0 Å². The first-order chi connectivity index (χ1) is 8.64. The molecule has 98 valence electrons. The minimum Gasteiger partial charge on any atom is -0.495 e. The van der Waals surface area contributed by atoms with E-state index in [1.165, 1.54) is 34.5 Å². The van der Waals surface area contributed by atoms with Gasteiger partial charge >= 0.3 is 5.97 Å². The number of aldehydes is 1. The Bertz CT molecular complexity index is 466. The second-order valence-electron chi connectivity index (χ2n) is 3.22. The van der Waals surface area contributed by atoms with E-state index in [2.05, 4.69) is 4.74 Å². The molecule has 0 aliphatic rings. The lowest BCUT2D eigenvalue weighted by molar-refractivity contribution is 0.0596. The standard InChI is InChI=1S/C12H14O6/c1-15-9-5-7(12(14)18-4)10(16-2)8(6-13)11(9)17-3/h5-6H,1-4H3. The molecule has 0 amide bonds. The van der Waals surface area contributed by atoms with E-state index in [4.69, 9.17) is 14.2 Å². The van der Waals surface area contributed by atoms with Crippen molar-refractivity contribution in [1.82, 2.24) is 0 Å². The van der Waals surface area contributed by atoms with Crippen LogP contribution >= 0.6 is 0 Å². The van der Waals surface area contributed by atoms with Gasteiger partial charge < -0.3 is 18.9 Å². The summed E-state index contributed by atoms with van der Waals surface area (Å²) in [7, 11) is 5.38. The maximum atomic E-state index is 11.6. The van der Waals surface area contributed by atoms with Crippen molar-refractivity contribution in [3.63, 3.8) is 0 Å². The maximum absolute atomic E-state index is 11.6. The Hall–Kier alpha value is -2.24. The topological polar surface area (TPSA) is 71.1 Å². The molecule has 0 saturated heterocycles. The van der Waals surface area contributed by atoms with E-state index in [0.717, 1.165) is 0 Å². The molecule has 0 atom stereocenters. The Kier molecular flexibility index (Phi) is 4.53. The Morgan fingerprint density at radius 3 is 2.06 bits per heavy atom. The van der Waals surface area contributed by atoms with Crippen LogP contribution in [0, 0.1) is 0 Å². The average Bonchev–Trinajstić information content (AvgIpc) is 2.43. The molecule has 0 heterocycles. The molecule has 1 aromatic rings. The molecule has 0 saturated carbocycles. The van der Waals surface area contributed by atoms with Crippen LogP contribution in [0.4, 0.5) is 0 Å². The molecule has 0 radical (unpaired) electrons. The first-order valence-corrected chi connectivity index (χ1v) is 5.01. The van der Waals surface area contributed by atoms with Crippen molar-refractivity contribution in [1.29, 1.82) is 0 Å². The van der Waals surface area contributed by atoms with E-state index in [9.17, 15) is 9.59 Å². The van der Waals surface area contributed by atoms with Gasteiger partial charge in [0.1, 0.15) is 16.9 Å². The van der Waals surface area contributed by atoms with Gasteiger partial charge in [-0.05, 0) is 0 Å². The summed E-state index contributed by atoms with van der Waals surface area (Å²) in [6, 6.07) is 1.40. The number of methoxy groups -OCH3 is 4. The molecule has 6 nitrogen and oxygen atoms in total. The van der Waals surface area contributed by atoms with Crippen LogP contribution in [0.15, 0.2) is 6.07 Å². The second-order valence-corrected chi connectivity index (χ2v) is 3.22. The molecule has 0 aromatic heterocycles. The number of hydrogen-bond acceptors (Lipinski definition) is 6. The number of carbonyl (C=O) groups is 2. The maximum Gasteiger partial charge on any atom is 0.341 e. The van der Waals surface area contributed by atoms with Gasteiger partial charge in [0.2, 0.25) is 0 Å². The molecule has 0 aliphatic heterocycles. The van der Waals surface area contributed by atoms with Gasteiger partial charge in [0.25, 0.3) is 0 Å². The number of hydrogen-bond donors (Lipinski definition) is 0. The van der Waals surface area contributed by atoms with E-state index >= 15 is 0 Å². The van der Waals surface area contributed by atoms with Crippen molar-refractivity contribution >= 4 is 12.3 Å². The van der Waals surface area contributed by atoms with Gasteiger partial charge in [-0.25, -0.2) is 4.79 Å². The highest BCUT2D eigenvalue weighted by Crippen LogP contribution is 2.39. The minimum atomic E-state index is -0.629. The zero-order chi connectivity index (χ0) is 13.7. The molecule has 0 bridgehead atoms. The fourth-order valence-corrected chi connectivity index (χ4v) is 1.59. The first-order valence-electron chi connectivity index (χ1n) is 5.01. The van der Waals surface area contributed by atoms with Crippen molar-refractivity contribution in [3.05, 3.63) is 17.2 Å². The minimum absolute atomic E-state index is 0.0921. The second kappa shape index (κ2) is 5.90.